The van der Waals surface area contributed by atoms with Crippen molar-refractivity contribution >= 4 is 0 Å². The fourth-order valence-corrected chi connectivity index (χ4v) is 1.51. The lowest BCUT2D eigenvalue weighted by atomic mass is 9.90. The molecule has 0 heterocycles. The summed E-state index contributed by atoms with van der Waals surface area (Å²) in [5, 5.41) is 19.0. The minimum Gasteiger partial charge on any atom is -0.386 e. The number of rotatable bonds is 2. The zero-order valence-corrected chi connectivity index (χ0v) is 7.68. The fourth-order valence-electron chi connectivity index (χ4n) is 1.51. The van der Waals surface area contributed by atoms with Crippen LogP contribution in [-0.4, -0.2) is 48.5 Å². The summed E-state index contributed by atoms with van der Waals surface area (Å²) in [4.78, 5) is 0. The first kappa shape index (κ1) is 10.6. The third kappa shape index (κ3) is 1.49. The van der Waals surface area contributed by atoms with Crippen molar-refractivity contribution < 1.29 is 19.7 Å². The van der Waals surface area contributed by atoms with Crippen LogP contribution in [0.3, 0.4) is 0 Å². The summed E-state index contributed by atoms with van der Waals surface area (Å²) in [5.74, 6) is -1.35. The molecular formula is C8H15NO4. The minimum atomic E-state index is -1.35. The normalized spacial score (nSPS) is 37.8. The van der Waals surface area contributed by atoms with Crippen molar-refractivity contribution in [1.29, 1.82) is 0 Å². The van der Waals surface area contributed by atoms with Gasteiger partial charge >= 0.3 is 0 Å². The Kier molecular flexibility index (Phi) is 3.05. The summed E-state index contributed by atoms with van der Waals surface area (Å²) in [6.45, 7) is 0. The second kappa shape index (κ2) is 3.73. The van der Waals surface area contributed by atoms with Crippen molar-refractivity contribution in [2.75, 3.05) is 14.2 Å². The molecule has 0 saturated carbocycles. The molecule has 0 amide bonds. The van der Waals surface area contributed by atoms with E-state index in [1.54, 1.807) is 6.08 Å². The third-order valence-electron chi connectivity index (χ3n) is 2.35. The van der Waals surface area contributed by atoms with Crippen LogP contribution in [0.15, 0.2) is 12.2 Å². The summed E-state index contributed by atoms with van der Waals surface area (Å²) in [6, 6.07) is -0.596. The van der Waals surface area contributed by atoms with Crippen molar-refractivity contribution in [3.8, 4) is 0 Å². The number of aliphatic hydroxyl groups excluding tert-OH is 2. The predicted molar refractivity (Wildman–Crippen MR) is 45.9 cm³/mol. The van der Waals surface area contributed by atoms with Gasteiger partial charge in [0.1, 0.15) is 12.2 Å². The van der Waals surface area contributed by atoms with Gasteiger partial charge in [-0.1, -0.05) is 12.2 Å². The van der Waals surface area contributed by atoms with E-state index in [1.165, 1.54) is 20.3 Å². The standard InChI is InChI=1S/C8H15NO4/c1-12-8(13-2)6(9)4-3-5(10)7(8)11/h3-7,10-11H,9H2,1-2H3/t5-,6+,7+/m0/s1. The Bertz CT molecular complexity index is 202. The van der Waals surface area contributed by atoms with Crippen LogP contribution in [-0.2, 0) is 9.47 Å². The molecule has 0 radical (unpaired) electrons. The lowest BCUT2D eigenvalue weighted by Gasteiger charge is -2.42. The largest absolute Gasteiger partial charge is 0.386 e. The number of hydrogen-bond acceptors (Lipinski definition) is 5. The van der Waals surface area contributed by atoms with E-state index in [2.05, 4.69) is 0 Å². The molecule has 1 aliphatic carbocycles. The first-order valence-electron chi connectivity index (χ1n) is 3.99. The van der Waals surface area contributed by atoms with Crippen molar-refractivity contribution in [2.45, 2.75) is 24.0 Å². The van der Waals surface area contributed by atoms with E-state index in [-0.39, 0.29) is 0 Å². The topological polar surface area (TPSA) is 84.9 Å². The van der Waals surface area contributed by atoms with Gasteiger partial charge in [-0.3, -0.25) is 0 Å². The minimum absolute atomic E-state index is 0.596. The van der Waals surface area contributed by atoms with Gasteiger partial charge in [0.05, 0.1) is 6.04 Å². The molecule has 0 spiro atoms. The van der Waals surface area contributed by atoms with Crippen molar-refractivity contribution in [2.24, 2.45) is 5.73 Å². The third-order valence-corrected chi connectivity index (χ3v) is 2.35. The van der Waals surface area contributed by atoms with Crippen LogP contribution >= 0.6 is 0 Å². The van der Waals surface area contributed by atoms with E-state index in [4.69, 9.17) is 15.2 Å². The monoisotopic (exact) mass is 189 g/mol. The number of methoxy groups -OCH3 is 2. The van der Waals surface area contributed by atoms with Crippen LogP contribution in [0.25, 0.3) is 0 Å². The summed E-state index contributed by atoms with van der Waals surface area (Å²) in [5.41, 5.74) is 5.68. The number of nitrogens with two attached hydrogens (primary N) is 1. The van der Waals surface area contributed by atoms with Crippen LogP contribution in [0.4, 0.5) is 0 Å². The average Bonchev–Trinajstić information content (AvgIpc) is 2.15. The van der Waals surface area contributed by atoms with Gasteiger partial charge < -0.3 is 25.4 Å². The van der Waals surface area contributed by atoms with Gasteiger partial charge in [0.2, 0.25) is 5.79 Å². The van der Waals surface area contributed by atoms with E-state index < -0.39 is 24.0 Å². The van der Waals surface area contributed by atoms with Gasteiger partial charge in [0, 0.05) is 14.2 Å². The molecule has 0 fully saturated rings. The molecule has 0 aromatic rings. The number of ether oxygens (including phenoxy) is 2. The lowest BCUT2D eigenvalue weighted by molar-refractivity contribution is -0.280. The summed E-state index contributed by atoms with van der Waals surface area (Å²) < 4.78 is 10.0. The van der Waals surface area contributed by atoms with E-state index in [0.29, 0.717) is 0 Å². The van der Waals surface area contributed by atoms with Gasteiger partial charge in [0.25, 0.3) is 0 Å². The zero-order valence-electron chi connectivity index (χ0n) is 7.68. The Morgan fingerprint density at radius 3 is 2.15 bits per heavy atom. The predicted octanol–water partition coefficient (Wildman–Crippen LogP) is -1.41. The molecule has 76 valence electrons. The highest BCUT2D eigenvalue weighted by molar-refractivity contribution is 5.14. The molecule has 5 heteroatoms. The molecule has 1 aliphatic rings. The lowest BCUT2D eigenvalue weighted by Crippen LogP contribution is -2.63. The van der Waals surface area contributed by atoms with Crippen molar-refractivity contribution in [1.82, 2.24) is 0 Å². The van der Waals surface area contributed by atoms with Gasteiger partial charge in [-0.15, -0.1) is 0 Å². The Labute approximate surface area is 76.8 Å². The molecule has 0 bridgehead atoms. The zero-order chi connectivity index (χ0) is 10.1. The van der Waals surface area contributed by atoms with Gasteiger partial charge in [-0.2, -0.15) is 0 Å². The summed E-state index contributed by atoms with van der Waals surface area (Å²) >= 11 is 0. The smallest absolute Gasteiger partial charge is 0.216 e. The van der Waals surface area contributed by atoms with E-state index in [9.17, 15) is 10.2 Å². The van der Waals surface area contributed by atoms with Crippen LogP contribution in [0.2, 0.25) is 0 Å². The Morgan fingerprint density at radius 1 is 1.23 bits per heavy atom. The maximum Gasteiger partial charge on any atom is 0.216 e. The first-order valence-corrected chi connectivity index (χ1v) is 3.99. The van der Waals surface area contributed by atoms with Crippen molar-refractivity contribution in [3.05, 3.63) is 12.2 Å². The highest BCUT2D eigenvalue weighted by atomic mass is 16.7. The molecule has 0 aromatic heterocycles. The molecule has 1 rings (SSSR count). The van der Waals surface area contributed by atoms with Gasteiger partial charge in [-0.05, 0) is 0 Å². The molecule has 0 aliphatic heterocycles. The first-order chi connectivity index (χ1) is 6.08. The Morgan fingerprint density at radius 2 is 1.77 bits per heavy atom. The van der Waals surface area contributed by atoms with Crippen LogP contribution in [0.5, 0.6) is 0 Å². The quantitative estimate of drug-likeness (QED) is 0.367. The summed E-state index contributed by atoms with van der Waals surface area (Å²) in [6.07, 6.45) is 0.776. The molecule has 0 unspecified atom stereocenters. The van der Waals surface area contributed by atoms with Crippen LogP contribution in [0.1, 0.15) is 0 Å². The highest BCUT2D eigenvalue weighted by Gasteiger charge is 2.48. The van der Waals surface area contributed by atoms with Crippen LogP contribution in [0, 0.1) is 0 Å². The number of aliphatic hydroxyl groups is 2. The molecule has 5 nitrogen and oxygen atoms in total. The molecule has 4 N–H and O–H groups in total. The van der Waals surface area contributed by atoms with Gasteiger partial charge in [0.15, 0.2) is 0 Å². The maximum atomic E-state index is 9.63. The van der Waals surface area contributed by atoms with Crippen LogP contribution < -0.4 is 5.73 Å². The molecular weight excluding hydrogens is 174 g/mol. The molecule has 0 saturated heterocycles. The Balaban J connectivity index is 2.98. The molecule has 3 atom stereocenters. The number of hydrogen-bond donors (Lipinski definition) is 3. The molecule has 0 aromatic carbocycles. The van der Waals surface area contributed by atoms with E-state index in [0.717, 1.165) is 0 Å². The molecule has 13 heavy (non-hydrogen) atoms. The second-order valence-corrected chi connectivity index (χ2v) is 2.98. The van der Waals surface area contributed by atoms with Gasteiger partial charge in [-0.25, -0.2) is 0 Å². The SMILES string of the molecule is COC1(OC)[C@H](N)C=C[C@H](O)[C@H]1O. The second-order valence-electron chi connectivity index (χ2n) is 2.98. The van der Waals surface area contributed by atoms with Crippen molar-refractivity contribution in [3.63, 3.8) is 0 Å². The van der Waals surface area contributed by atoms with E-state index >= 15 is 0 Å². The highest BCUT2D eigenvalue weighted by Crippen LogP contribution is 2.27. The Hall–Kier alpha value is -0.460. The maximum absolute atomic E-state index is 9.63. The summed E-state index contributed by atoms with van der Waals surface area (Å²) in [7, 11) is 2.75. The van der Waals surface area contributed by atoms with E-state index in [1.807, 2.05) is 0 Å². The average molecular weight is 189 g/mol. The fraction of sp³-hybridized carbons (Fsp3) is 0.750.